The van der Waals surface area contributed by atoms with Crippen LogP contribution < -0.4 is 4.90 Å². The molecule has 0 saturated carbocycles. The van der Waals surface area contributed by atoms with Gasteiger partial charge in [0.25, 0.3) is 0 Å². The minimum Gasteiger partial charge on any atom is -0.386 e. The van der Waals surface area contributed by atoms with Crippen molar-refractivity contribution in [1.82, 2.24) is 19.5 Å². The highest BCUT2D eigenvalue weighted by atomic mass is 31.2. The Morgan fingerprint density at radius 1 is 1.24 bits per heavy atom. The first-order chi connectivity index (χ1) is 16.0. The van der Waals surface area contributed by atoms with Crippen LogP contribution in [0, 0.1) is 0 Å². The second kappa shape index (κ2) is 9.09. The Bertz CT molecular complexity index is 1160. The highest BCUT2D eigenvalue weighted by Gasteiger charge is 2.52. The Morgan fingerprint density at radius 2 is 2.06 bits per heavy atom. The van der Waals surface area contributed by atoms with Gasteiger partial charge < -0.3 is 19.6 Å². The van der Waals surface area contributed by atoms with Crippen molar-refractivity contribution in [1.29, 1.82) is 0 Å². The minimum atomic E-state index is -4.21. The number of fused-ring (bicyclic) bond motifs is 2. The van der Waals surface area contributed by atoms with E-state index in [2.05, 4.69) is 38.9 Å². The number of anilines is 1. The van der Waals surface area contributed by atoms with Crippen LogP contribution >= 0.6 is 7.82 Å². The van der Waals surface area contributed by atoms with Crippen LogP contribution in [0.25, 0.3) is 11.2 Å². The maximum atomic E-state index is 11.8. The lowest BCUT2D eigenvalue weighted by Gasteiger charge is -2.27. The summed E-state index contributed by atoms with van der Waals surface area (Å²) < 4.78 is 29.2. The van der Waals surface area contributed by atoms with Gasteiger partial charge in [0.15, 0.2) is 23.2 Å². The summed E-state index contributed by atoms with van der Waals surface area (Å²) in [7, 11) is -4.21. The number of unbranched alkanes of at least 4 members (excludes halogenated alkanes) is 1. The number of phosphoric ester groups is 1. The van der Waals surface area contributed by atoms with Gasteiger partial charge in [-0.1, -0.05) is 43.7 Å². The van der Waals surface area contributed by atoms with Crippen molar-refractivity contribution in [3.05, 3.63) is 48.5 Å². The van der Waals surface area contributed by atoms with Gasteiger partial charge in [0.05, 0.1) is 12.9 Å². The molecule has 33 heavy (non-hydrogen) atoms. The zero-order chi connectivity index (χ0) is 23.0. The number of rotatable bonds is 7. The van der Waals surface area contributed by atoms with Gasteiger partial charge in [-0.3, -0.25) is 13.6 Å². The third kappa shape index (κ3) is 4.40. The Morgan fingerprint density at radius 3 is 2.85 bits per heavy atom. The van der Waals surface area contributed by atoms with Gasteiger partial charge in [-0.15, -0.1) is 0 Å². The van der Waals surface area contributed by atoms with E-state index in [0.29, 0.717) is 23.5 Å². The summed E-state index contributed by atoms with van der Waals surface area (Å²) in [5.74, 6) is 0.695. The van der Waals surface area contributed by atoms with Gasteiger partial charge in [-0.2, -0.15) is 0 Å². The summed E-state index contributed by atoms with van der Waals surface area (Å²) in [5, 5.41) is 10.8. The van der Waals surface area contributed by atoms with E-state index in [1.165, 1.54) is 12.7 Å². The van der Waals surface area contributed by atoms with Gasteiger partial charge in [-0.05, 0) is 12.0 Å². The Balaban J connectivity index is 1.47. The van der Waals surface area contributed by atoms with Crippen molar-refractivity contribution in [2.75, 3.05) is 18.1 Å². The summed E-state index contributed by atoms with van der Waals surface area (Å²) in [4.78, 5) is 25.3. The third-order valence-corrected chi connectivity index (χ3v) is 6.86. The van der Waals surface area contributed by atoms with Crippen LogP contribution in [0.3, 0.4) is 0 Å². The van der Waals surface area contributed by atoms with Crippen LogP contribution in [0.4, 0.5) is 5.82 Å². The van der Waals surface area contributed by atoms with E-state index >= 15 is 0 Å². The summed E-state index contributed by atoms with van der Waals surface area (Å²) in [5.41, 5.74) is 2.23. The monoisotopic (exact) mass is 475 g/mol. The number of aliphatic hydroxyl groups excluding tert-OH is 1. The van der Waals surface area contributed by atoms with Gasteiger partial charge in [-0.25, -0.2) is 19.5 Å². The number of hydrogen-bond acceptors (Lipinski definition) is 9. The van der Waals surface area contributed by atoms with E-state index in [1.807, 2.05) is 18.2 Å². The lowest BCUT2D eigenvalue weighted by atomic mass is 10.1. The molecule has 2 saturated heterocycles. The van der Waals surface area contributed by atoms with Crippen molar-refractivity contribution in [3.63, 3.8) is 0 Å². The molecule has 1 unspecified atom stereocenters. The van der Waals surface area contributed by atoms with Crippen LogP contribution in [0.1, 0.15) is 31.6 Å². The predicted molar refractivity (Wildman–Crippen MR) is 118 cm³/mol. The fraction of sp³-hybridized carbons (Fsp3) is 0.476. The molecule has 5 atom stereocenters. The van der Waals surface area contributed by atoms with Crippen molar-refractivity contribution in [2.24, 2.45) is 0 Å². The first-order valence-corrected chi connectivity index (χ1v) is 12.4. The molecule has 2 aliphatic rings. The highest BCUT2D eigenvalue weighted by Crippen LogP contribution is 2.52. The molecule has 0 amide bonds. The Hall–Kier alpha value is -2.40. The molecular weight excluding hydrogens is 449 g/mol. The lowest BCUT2D eigenvalue weighted by Crippen LogP contribution is -2.39. The normalized spacial score (nSPS) is 29.3. The van der Waals surface area contributed by atoms with Gasteiger partial charge in [0.2, 0.25) is 0 Å². The molecule has 2 aromatic heterocycles. The molecule has 0 aliphatic carbocycles. The molecule has 176 valence electrons. The Labute approximate surface area is 190 Å². The van der Waals surface area contributed by atoms with Gasteiger partial charge in [0, 0.05) is 13.1 Å². The molecular formula is C21H26N5O6P. The fourth-order valence-corrected chi connectivity index (χ4v) is 5.20. The first kappa shape index (κ1) is 22.4. The molecule has 1 aromatic carbocycles. The molecule has 2 N–H and O–H groups in total. The van der Waals surface area contributed by atoms with Crippen molar-refractivity contribution in [2.45, 2.75) is 50.8 Å². The predicted octanol–water partition coefficient (Wildman–Crippen LogP) is 2.41. The second-order valence-corrected chi connectivity index (χ2v) is 9.58. The average Bonchev–Trinajstić information content (AvgIpc) is 3.37. The standard InChI is InChI=1S/C21H26N5O6P/c1-2-3-9-25(10-14-7-5-4-6-8-14)19-16-20(23-12-22-19)26(13-24-16)21-17(27)18-15(31-21)11-30-33(28,29)32-18/h4-8,12-13,15,17-18,21,27H,2-3,9-11H2,1H3,(H,28,29)/t15-,17-,18-,21-/m1/s1. The molecule has 11 nitrogen and oxygen atoms in total. The Kier molecular flexibility index (Phi) is 6.17. The zero-order valence-electron chi connectivity index (χ0n) is 18.1. The smallest absolute Gasteiger partial charge is 0.386 e. The van der Waals surface area contributed by atoms with E-state index in [9.17, 15) is 14.6 Å². The van der Waals surface area contributed by atoms with Crippen LogP contribution in [-0.4, -0.2) is 61.0 Å². The summed E-state index contributed by atoms with van der Waals surface area (Å²) in [6.07, 6.45) is 1.27. The summed E-state index contributed by atoms with van der Waals surface area (Å²) in [6, 6.07) is 10.1. The van der Waals surface area contributed by atoms with E-state index < -0.39 is 32.4 Å². The number of aliphatic hydroxyl groups is 1. The van der Waals surface area contributed by atoms with Crippen molar-refractivity contribution >= 4 is 24.8 Å². The number of hydrogen-bond donors (Lipinski definition) is 2. The van der Waals surface area contributed by atoms with E-state index in [1.54, 1.807) is 4.57 Å². The number of aromatic nitrogens is 4. The maximum absolute atomic E-state index is 11.8. The lowest BCUT2D eigenvalue weighted by molar-refractivity contribution is -0.0664. The fourth-order valence-electron chi connectivity index (χ4n) is 4.24. The van der Waals surface area contributed by atoms with E-state index in [-0.39, 0.29) is 6.61 Å². The van der Waals surface area contributed by atoms with Crippen LogP contribution in [0.2, 0.25) is 0 Å². The number of imidazole rings is 1. The SMILES string of the molecule is CCCCN(Cc1ccccc1)c1ncnc2c1ncn2[C@@H]1O[C@@H]2COP(=O)(O)O[C@H]2[C@H]1O. The molecule has 0 radical (unpaired) electrons. The largest absolute Gasteiger partial charge is 0.472 e. The van der Waals surface area contributed by atoms with Crippen LogP contribution in [0.15, 0.2) is 43.0 Å². The average molecular weight is 475 g/mol. The quantitative estimate of drug-likeness (QED) is 0.491. The van der Waals surface area contributed by atoms with Gasteiger partial charge >= 0.3 is 7.82 Å². The maximum Gasteiger partial charge on any atom is 0.472 e. The van der Waals surface area contributed by atoms with Crippen LogP contribution in [-0.2, 0) is 24.9 Å². The first-order valence-electron chi connectivity index (χ1n) is 10.9. The number of ether oxygens (including phenoxy) is 1. The molecule has 3 aromatic rings. The number of benzene rings is 1. The van der Waals surface area contributed by atoms with E-state index in [0.717, 1.165) is 24.9 Å². The highest BCUT2D eigenvalue weighted by molar-refractivity contribution is 7.47. The topological polar surface area (TPSA) is 132 Å². The molecule has 2 aliphatic heterocycles. The van der Waals surface area contributed by atoms with Crippen molar-refractivity contribution in [3.8, 4) is 0 Å². The summed E-state index contributed by atoms with van der Waals surface area (Å²) in [6.45, 7) is 3.46. The molecule has 2 fully saturated rings. The van der Waals surface area contributed by atoms with Gasteiger partial charge in [0.1, 0.15) is 24.6 Å². The molecule has 0 bridgehead atoms. The number of nitrogens with zero attached hydrogens (tertiary/aromatic N) is 5. The summed E-state index contributed by atoms with van der Waals surface area (Å²) >= 11 is 0. The van der Waals surface area contributed by atoms with E-state index in [4.69, 9.17) is 13.8 Å². The molecule has 12 heteroatoms. The van der Waals surface area contributed by atoms with Crippen molar-refractivity contribution < 1.29 is 28.3 Å². The zero-order valence-corrected chi connectivity index (χ0v) is 19.0. The van der Waals surface area contributed by atoms with Crippen LogP contribution in [0.5, 0.6) is 0 Å². The minimum absolute atomic E-state index is 0.152. The second-order valence-electron chi connectivity index (χ2n) is 8.17. The number of phosphoric acid groups is 1. The third-order valence-electron chi connectivity index (χ3n) is 5.88. The molecule has 4 heterocycles. The molecule has 0 spiro atoms. The molecule has 5 rings (SSSR count).